The Morgan fingerprint density at radius 2 is 1.88 bits per heavy atom. The molecule has 7 nitrogen and oxygen atoms in total. The molecule has 25 heavy (non-hydrogen) atoms. The predicted octanol–water partition coefficient (Wildman–Crippen LogP) is 0.734. The van der Waals surface area contributed by atoms with Crippen molar-refractivity contribution in [3.05, 3.63) is 45.8 Å². The Morgan fingerprint density at radius 3 is 2.36 bits per heavy atom. The first-order valence-corrected chi connectivity index (χ1v) is 7.86. The average Bonchev–Trinajstić information content (AvgIpc) is 2.98. The molecule has 1 aromatic heterocycles. The highest BCUT2D eigenvalue weighted by atomic mass is 16.3. The van der Waals surface area contributed by atoms with Gasteiger partial charge in [-0.25, -0.2) is 0 Å². The molecule has 0 saturated heterocycles. The molecular weight excluding hydrogens is 322 g/mol. The molecule has 132 valence electrons. The van der Waals surface area contributed by atoms with Crippen LogP contribution in [-0.4, -0.2) is 32.6 Å². The number of nitrogens with zero attached hydrogens (tertiary/aromatic N) is 1. The van der Waals surface area contributed by atoms with E-state index >= 15 is 0 Å². The van der Waals surface area contributed by atoms with Gasteiger partial charge in [-0.2, -0.15) is 5.26 Å². The van der Waals surface area contributed by atoms with E-state index in [0.717, 1.165) is 0 Å². The molecule has 0 aliphatic rings. The molecule has 0 fully saturated rings. The predicted molar refractivity (Wildman–Crippen MR) is 91.5 cm³/mol. The van der Waals surface area contributed by atoms with Crippen LogP contribution in [0.4, 0.5) is 0 Å². The quantitative estimate of drug-likeness (QED) is 0.469. The molecule has 1 heterocycles. The maximum absolute atomic E-state index is 12.2. The molecule has 0 atom stereocenters. The standard InChI is InChI=1S/C18H21N3O4/c1-10(25)17-16(6-20)21-15(4-5-19)18(17)12-3-2-11(7-22)13(8-23)14(12)9-24/h2-3,21-24H,4-5,7-9,19H2,1H3. The molecule has 2 rings (SSSR count). The Kier molecular flexibility index (Phi) is 6.07. The number of aromatic nitrogens is 1. The van der Waals surface area contributed by atoms with Crippen LogP contribution in [0, 0.1) is 11.3 Å². The third kappa shape index (κ3) is 3.34. The van der Waals surface area contributed by atoms with Gasteiger partial charge in [0.15, 0.2) is 5.78 Å². The summed E-state index contributed by atoms with van der Waals surface area (Å²) in [6.45, 7) is 0.649. The lowest BCUT2D eigenvalue weighted by molar-refractivity contribution is 0.101. The van der Waals surface area contributed by atoms with Gasteiger partial charge in [0.2, 0.25) is 0 Å². The van der Waals surface area contributed by atoms with E-state index in [-0.39, 0.29) is 36.9 Å². The van der Waals surface area contributed by atoms with Gasteiger partial charge in [-0.3, -0.25) is 4.79 Å². The number of benzene rings is 1. The molecule has 6 N–H and O–H groups in total. The van der Waals surface area contributed by atoms with Gasteiger partial charge < -0.3 is 26.0 Å². The van der Waals surface area contributed by atoms with Crippen molar-refractivity contribution in [1.82, 2.24) is 4.98 Å². The first-order valence-electron chi connectivity index (χ1n) is 7.86. The lowest BCUT2D eigenvalue weighted by Crippen LogP contribution is -2.07. The van der Waals surface area contributed by atoms with Gasteiger partial charge in [0.25, 0.3) is 0 Å². The van der Waals surface area contributed by atoms with E-state index in [1.54, 1.807) is 12.1 Å². The van der Waals surface area contributed by atoms with Crippen molar-refractivity contribution in [2.24, 2.45) is 5.73 Å². The molecule has 7 heteroatoms. The Hall–Kier alpha value is -2.50. The second kappa shape index (κ2) is 8.05. The second-order valence-electron chi connectivity index (χ2n) is 5.64. The summed E-state index contributed by atoms with van der Waals surface area (Å²) in [5.41, 5.74) is 9.03. The molecular formula is C18H21N3O4. The van der Waals surface area contributed by atoms with Gasteiger partial charge in [-0.15, -0.1) is 0 Å². The van der Waals surface area contributed by atoms with Crippen molar-refractivity contribution in [3.63, 3.8) is 0 Å². The minimum absolute atomic E-state index is 0.145. The highest BCUT2D eigenvalue weighted by Gasteiger charge is 2.24. The zero-order valence-electron chi connectivity index (χ0n) is 14.0. The molecule has 1 aromatic carbocycles. The molecule has 0 radical (unpaired) electrons. The van der Waals surface area contributed by atoms with E-state index in [9.17, 15) is 25.4 Å². The van der Waals surface area contributed by atoms with E-state index < -0.39 is 0 Å². The van der Waals surface area contributed by atoms with Crippen LogP contribution in [0.15, 0.2) is 12.1 Å². The zero-order valence-corrected chi connectivity index (χ0v) is 14.0. The fraction of sp³-hybridized carbons (Fsp3) is 0.333. The molecule has 0 aliphatic carbocycles. The van der Waals surface area contributed by atoms with Crippen molar-refractivity contribution in [2.45, 2.75) is 33.2 Å². The topological polar surface area (TPSA) is 143 Å². The SMILES string of the molecule is CC(=O)c1c(C#N)[nH]c(CCN)c1-c1ccc(CO)c(CO)c1CO. The number of hydrogen-bond acceptors (Lipinski definition) is 6. The molecule has 0 amide bonds. The Bertz CT molecular complexity index is 834. The normalized spacial score (nSPS) is 10.7. The summed E-state index contributed by atoms with van der Waals surface area (Å²) in [4.78, 5) is 15.1. The Balaban J connectivity index is 2.88. The Morgan fingerprint density at radius 1 is 1.20 bits per heavy atom. The number of hydrogen-bond donors (Lipinski definition) is 5. The van der Waals surface area contributed by atoms with Gasteiger partial charge in [0, 0.05) is 17.7 Å². The summed E-state index contributed by atoms with van der Waals surface area (Å²) in [6.07, 6.45) is 0.415. The molecule has 0 saturated carbocycles. The van der Waals surface area contributed by atoms with Crippen molar-refractivity contribution in [1.29, 1.82) is 5.26 Å². The maximum Gasteiger partial charge on any atom is 0.163 e. The molecule has 2 aromatic rings. The number of nitriles is 1. The van der Waals surface area contributed by atoms with Crippen LogP contribution in [0.25, 0.3) is 11.1 Å². The number of nitrogens with one attached hydrogen (secondary N) is 1. The van der Waals surface area contributed by atoms with Crippen LogP contribution in [0.1, 0.15) is 45.4 Å². The van der Waals surface area contributed by atoms with Crippen molar-refractivity contribution < 1.29 is 20.1 Å². The van der Waals surface area contributed by atoms with E-state index in [2.05, 4.69) is 4.98 Å². The number of aliphatic hydroxyl groups excluding tert-OH is 3. The summed E-state index contributed by atoms with van der Waals surface area (Å²) in [7, 11) is 0. The molecule has 0 unspecified atom stereocenters. The second-order valence-corrected chi connectivity index (χ2v) is 5.64. The van der Waals surface area contributed by atoms with Gasteiger partial charge in [-0.1, -0.05) is 12.1 Å². The van der Waals surface area contributed by atoms with Gasteiger partial charge in [-0.05, 0) is 35.7 Å². The number of nitrogens with two attached hydrogens (primary N) is 1. The lowest BCUT2D eigenvalue weighted by atomic mass is 9.89. The van der Waals surface area contributed by atoms with E-state index in [1.807, 2.05) is 6.07 Å². The minimum atomic E-state index is -0.383. The average molecular weight is 343 g/mol. The number of rotatable bonds is 7. The number of carbonyl (C=O) groups excluding carboxylic acids is 1. The van der Waals surface area contributed by atoms with E-state index in [1.165, 1.54) is 6.92 Å². The fourth-order valence-corrected chi connectivity index (χ4v) is 3.12. The van der Waals surface area contributed by atoms with Crippen LogP contribution >= 0.6 is 0 Å². The van der Waals surface area contributed by atoms with E-state index in [4.69, 9.17) is 5.73 Å². The van der Waals surface area contributed by atoms with Crippen LogP contribution in [0.2, 0.25) is 0 Å². The smallest absolute Gasteiger partial charge is 0.163 e. The number of ketones is 1. The van der Waals surface area contributed by atoms with E-state index in [0.29, 0.717) is 46.5 Å². The summed E-state index contributed by atoms with van der Waals surface area (Å²) in [6, 6.07) is 5.29. The first-order chi connectivity index (χ1) is 12.0. The highest BCUT2D eigenvalue weighted by Crippen LogP contribution is 2.36. The molecule has 0 bridgehead atoms. The number of carbonyl (C=O) groups is 1. The Labute approximate surface area is 145 Å². The lowest BCUT2D eigenvalue weighted by Gasteiger charge is -2.17. The van der Waals surface area contributed by atoms with Gasteiger partial charge >= 0.3 is 0 Å². The number of Topliss-reactive ketones (excluding diaryl/α,β-unsaturated/α-hetero) is 1. The zero-order chi connectivity index (χ0) is 18.6. The number of aromatic amines is 1. The molecule has 0 aliphatic heterocycles. The third-order valence-corrected chi connectivity index (χ3v) is 4.22. The fourth-order valence-electron chi connectivity index (χ4n) is 3.12. The number of aliphatic hydroxyl groups is 3. The van der Waals surface area contributed by atoms with Crippen LogP contribution in [0.5, 0.6) is 0 Å². The highest BCUT2D eigenvalue weighted by molar-refractivity contribution is 6.04. The van der Waals surface area contributed by atoms with Crippen molar-refractivity contribution in [3.8, 4) is 17.2 Å². The largest absolute Gasteiger partial charge is 0.392 e. The molecule has 0 spiro atoms. The van der Waals surface area contributed by atoms with Crippen molar-refractivity contribution in [2.75, 3.05) is 6.54 Å². The van der Waals surface area contributed by atoms with Gasteiger partial charge in [0.1, 0.15) is 11.8 Å². The monoisotopic (exact) mass is 343 g/mol. The van der Waals surface area contributed by atoms with Crippen LogP contribution in [0.3, 0.4) is 0 Å². The summed E-state index contributed by atoms with van der Waals surface area (Å²) in [5.74, 6) is -0.285. The van der Waals surface area contributed by atoms with Crippen molar-refractivity contribution >= 4 is 5.78 Å². The summed E-state index contributed by atoms with van der Waals surface area (Å²) >= 11 is 0. The maximum atomic E-state index is 12.2. The number of H-pyrrole nitrogens is 1. The van der Waals surface area contributed by atoms with Gasteiger partial charge in [0.05, 0.1) is 25.4 Å². The summed E-state index contributed by atoms with van der Waals surface area (Å²) < 4.78 is 0. The van der Waals surface area contributed by atoms with Crippen LogP contribution < -0.4 is 5.73 Å². The summed E-state index contributed by atoms with van der Waals surface area (Å²) in [5, 5.41) is 38.3. The minimum Gasteiger partial charge on any atom is -0.392 e. The first kappa shape index (κ1) is 18.8. The third-order valence-electron chi connectivity index (χ3n) is 4.22. The van der Waals surface area contributed by atoms with Crippen LogP contribution in [-0.2, 0) is 26.2 Å².